The summed E-state index contributed by atoms with van der Waals surface area (Å²) in [5, 5.41) is 0. The predicted molar refractivity (Wildman–Crippen MR) is 85.4 cm³/mol. The zero-order valence-electron chi connectivity index (χ0n) is 12.6. The van der Waals surface area contributed by atoms with E-state index >= 15 is 0 Å². The summed E-state index contributed by atoms with van der Waals surface area (Å²) < 4.78 is 11.0. The molecule has 0 aliphatic carbocycles. The monoisotopic (exact) mass is 298 g/mol. The molecule has 0 saturated heterocycles. The number of rotatable bonds is 3. The van der Waals surface area contributed by atoms with E-state index in [2.05, 4.69) is 0 Å². The molecule has 22 heavy (non-hydrogen) atoms. The van der Waals surface area contributed by atoms with Crippen molar-refractivity contribution in [2.75, 3.05) is 24.8 Å². The molecular weight excluding hydrogens is 280 g/mol. The maximum absolute atomic E-state index is 12.4. The van der Waals surface area contributed by atoms with Crippen LogP contribution in [-0.4, -0.2) is 26.2 Å². The summed E-state index contributed by atoms with van der Waals surface area (Å²) >= 11 is 0. The molecule has 114 valence electrons. The van der Waals surface area contributed by atoms with Crippen molar-refractivity contribution in [1.82, 2.24) is 0 Å². The SMILES string of the molecule is COc1ccc(CC2Oc3cc(N)ccc3N(C)C2=O)cc1. The number of hydrogen-bond donors (Lipinski definition) is 1. The first kappa shape index (κ1) is 14.3. The molecule has 0 bridgehead atoms. The minimum Gasteiger partial charge on any atom is -0.497 e. The molecular formula is C17H18N2O3. The molecule has 1 aliphatic rings. The van der Waals surface area contributed by atoms with Crippen LogP contribution >= 0.6 is 0 Å². The van der Waals surface area contributed by atoms with Gasteiger partial charge in [-0.3, -0.25) is 4.79 Å². The lowest BCUT2D eigenvalue weighted by molar-refractivity contribution is -0.125. The van der Waals surface area contributed by atoms with Gasteiger partial charge in [0, 0.05) is 25.2 Å². The first-order chi connectivity index (χ1) is 10.6. The van der Waals surface area contributed by atoms with Crippen LogP contribution in [0, 0.1) is 0 Å². The molecule has 1 aliphatic heterocycles. The fourth-order valence-electron chi connectivity index (χ4n) is 2.55. The second-order valence-corrected chi connectivity index (χ2v) is 5.28. The molecule has 1 unspecified atom stereocenters. The topological polar surface area (TPSA) is 64.8 Å². The highest BCUT2D eigenvalue weighted by Gasteiger charge is 2.32. The average molecular weight is 298 g/mol. The van der Waals surface area contributed by atoms with E-state index in [0.717, 1.165) is 17.0 Å². The highest BCUT2D eigenvalue weighted by molar-refractivity contribution is 6.00. The van der Waals surface area contributed by atoms with Crippen molar-refractivity contribution in [3.05, 3.63) is 48.0 Å². The molecule has 1 heterocycles. The lowest BCUT2D eigenvalue weighted by atomic mass is 10.0. The molecule has 0 saturated carbocycles. The van der Waals surface area contributed by atoms with Crippen LogP contribution in [0.15, 0.2) is 42.5 Å². The third kappa shape index (κ3) is 2.57. The van der Waals surface area contributed by atoms with Gasteiger partial charge in [0.05, 0.1) is 12.8 Å². The molecule has 1 amide bonds. The highest BCUT2D eigenvalue weighted by atomic mass is 16.5. The Balaban J connectivity index is 1.83. The molecule has 2 N–H and O–H groups in total. The van der Waals surface area contributed by atoms with Crippen LogP contribution in [0.3, 0.4) is 0 Å². The fourth-order valence-corrected chi connectivity index (χ4v) is 2.55. The zero-order valence-corrected chi connectivity index (χ0v) is 12.6. The van der Waals surface area contributed by atoms with Gasteiger partial charge >= 0.3 is 0 Å². The minimum atomic E-state index is -0.548. The number of anilines is 2. The normalized spacial score (nSPS) is 16.9. The summed E-state index contributed by atoms with van der Waals surface area (Å²) in [4.78, 5) is 14.1. The number of hydrogen-bond acceptors (Lipinski definition) is 4. The van der Waals surface area contributed by atoms with Crippen LogP contribution in [-0.2, 0) is 11.2 Å². The van der Waals surface area contributed by atoms with Crippen molar-refractivity contribution in [2.24, 2.45) is 0 Å². The minimum absolute atomic E-state index is 0.0620. The van der Waals surface area contributed by atoms with E-state index in [1.165, 1.54) is 0 Å². The maximum atomic E-state index is 12.4. The van der Waals surface area contributed by atoms with Crippen LogP contribution < -0.4 is 20.1 Å². The Bertz CT molecular complexity index is 698. The summed E-state index contributed by atoms with van der Waals surface area (Å²) in [6.45, 7) is 0. The molecule has 1 atom stereocenters. The number of fused-ring (bicyclic) bond motifs is 1. The lowest BCUT2D eigenvalue weighted by Crippen LogP contribution is -2.44. The molecule has 0 fully saturated rings. The quantitative estimate of drug-likeness (QED) is 0.883. The third-order valence-corrected chi connectivity index (χ3v) is 3.80. The third-order valence-electron chi connectivity index (χ3n) is 3.80. The van der Waals surface area contributed by atoms with Crippen LogP contribution in [0.1, 0.15) is 5.56 Å². The van der Waals surface area contributed by atoms with Gasteiger partial charge in [-0.2, -0.15) is 0 Å². The van der Waals surface area contributed by atoms with E-state index in [1.807, 2.05) is 24.3 Å². The standard InChI is InChI=1S/C17H18N2O3/c1-19-14-8-5-12(18)10-15(14)22-16(17(19)20)9-11-3-6-13(21-2)7-4-11/h3-8,10,16H,9,18H2,1-2H3. The number of benzene rings is 2. The number of nitrogens with zero attached hydrogens (tertiary/aromatic N) is 1. The largest absolute Gasteiger partial charge is 0.497 e. The van der Waals surface area contributed by atoms with Crippen molar-refractivity contribution in [2.45, 2.75) is 12.5 Å². The van der Waals surface area contributed by atoms with E-state index in [9.17, 15) is 4.79 Å². The maximum Gasteiger partial charge on any atom is 0.268 e. The Morgan fingerprint density at radius 1 is 1.23 bits per heavy atom. The number of methoxy groups -OCH3 is 1. The van der Waals surface area contributed by atoms with E-state index in [0.29, 0.717) is 17.9 Å². The number of amides is 1. The number of ether oxygens (including phenoxy) is 2. The van der Waals surface area contributed by atoms with Crippen LogP contribution in [0.5, 0.6) is 11.5 Å². The molecule has 5 heteroatoms. The lowest BCUT2D eigenvalue weighted by Gasteiger charge is -2.32. The Kier molecular flexibility index (Phi) is 3.63. The molecule has 5 nitrogen and oxygen atoms in total. The zero-order chi connectivity index (χ0) is 15.7. The van der Waals surface area contributed by atoms with Gasteiger partial charge in [0.15, 0.2) is 6.10 Å². The van der Waals surface area contributed by atoms with Gasteiger partial charge in [-0.25, -0.2) is 0 Å². The molecule has 0 spiro atoms. The second-order valence-electron chi connectivity index (χ2n) is 5.28. The molecule has 2 aromatic carbocycles. The van der Waals surface area contributed by atoms with Crippen LogP contribution in [0.25, 0.3) is 0 Å². The number of carbonyl (C=O) groups is 1. The molecule has 0 radical (unpaired) electrons. The van der Waals surface area contributed by atoms with Crippen molar-refractivity contribution >= 4 is 17.3 Å². The molecule has 3 rings (SSSR count). The van der Waals surface area contributed by atoms with Gasteiger partial charge in [0.1, 0.15) is 11.5 Å². The Morgan fingerprint density at radius 3 is 2.64 bits per heavy atom. The fraction of sp³-hybridized carbons (Fsp3) is 0.235. The van der Waals surface area contributed by atoms with E-state index in [-0.39, 0.29) is 5.91 Å². The predicted octanol–water partition coefficient (Wildman–Crippen LogP) is 2.24. The highest BCUT2D eigenvalue weighted by Crippen LogP contribution is 2.35. The van der Waals surface area contributed by atoms with Crippen molar-refractivity contribution in [3.8, 4) is 11.5 Å². The number of carbonyl (C=O) groups excluding carboxylic acids is 1. The van der Waals surface area contributed by atoms with Gasteiger partial charge < -0.3 is 20.1 Å². The van der Waals surface area contributed by atoms with Crippen molar-refractivity contribution in [1.29, 1.82) is 0 Å². The van der Waals surface area contributed by atoms with E-state index < -0.39 is 6.10 Å². The number of nitrogens with two attached hydrogens (primary N) is 1. The summed E-state index contributed by atoms with van der Waals surface area (Å²) in [5.41, 5.74) is 8.16. The summed E-state index contributed by atoms with van der Waals surface area (Å²) in [6, 6.07) is 12.9. The Hall–Kier alpha value is -2.69. The molecule has 0 aromatic heterocycles. The van der Waals surface area contributed by atoms with Crippen molar-refractivity contribution in [3.63, 3.8) is 0 Å². The first-order valence-corrected chi connectivity index (χ1v) is 7.05. The van der Waals surface area contributed by atoms with E-state index in [1.54, 1.807) is 37.3 Å². The van der Waals surface area contributed by atoms with E-state index in [4.69, 9.17) is 15.2 Å². The second kappa shape index (κ2) is 5.60. The first-order valence-electron chi connectivity index (χ1n) is 7.05. The average Bonchev–Trinajstić information content (AvgIpc) is 2.53. The van der Waals surface area contributed by atoms with Gasteiger partial charge in [0.2, 0.25) is 0 Å². The smallest absolute Gasteiger partial charge is 0.268 e. The van der Waals surface area contributed by atoms with Gasteiger partial charge in [-0.05, 0) is 29.8 Å². The summed E-state index contributed by atoms with van der Waals surface area (Å²) in [5.74, 6) is 1.36. The van der Waals surface area contributed by atoms with Crippen molar-refractivity contribution < 1.29 is 14.3 Å². The van der Waals surface area contributed by atoms with Gasteiger partial charge in [-0.15, -0.1) is 0 Å². The summed E-state index contributed by atoms with van der Waals surface area (Å²) in [7, 11) is 3.37. The molecule has 2 aromatic rings. The number of likely N-dealkylation sites (N-methyl/N-ethyl adjacent to an activating group) is 1. The van der Waals surface area contributed by atoms with Gasteiger partial charge in [-0.1, -0.05) is 12.1 Å². The Morgan fingerprint density at radius 2 is 1.95 bits per heavy atom. The summed E-state index contributed by atoms with van der Waals surface area (Å²) in [6.07, 6.45) is -0.0470. The van der Waals surface area contributed by atoms with Crippen LogP contribution in [0.4, 0.5) is 11.4 Å². The van der Waals surface area contributed by atoms with Crippen LogP contribution in [0.2, 0.25) is 0 Å². The number of nitrogen functional groups attached to an aromatic ring is 1. The Labute approximate surface area is 129 Å². The van der Waals surface area contributed by atoms with Gasteiger partial charge in [0.25, 0.3) is 5.91 Å².